The molecule has 0 bridgehead atoms. The molecule has 0 aromatic heterocycles. The molecule has 7 nitrogen and oxygen atoms in total. The lowest BCUT2D eigenvalue weighted by atomic mass is 9.96. The molecule has 0 fully saturated rings. The largest absolute Gasteiger partial charge is 0.479 e. The van der Waals surface area contributed by atoms with E-state index in [0.29, 0.717) is 11.6 Å². The fourth-order valence-corrected chi connectivity index (χ4v) is 3.60. The van der Waals surface area contributed by atoms with Crippen LogP contribution in [0.3, 0.4) is 0 Å². The van der Waals surface area contributed by atoms with Crippen molar-refractivity contribution in [3.8, 4) is 11.1 Å². The van der Waals surface area contributed by atoms with Gasteiger partial charge in [0.15, 0.2) is 17.7 Å². The molecule has 3 rings (SSSR count). The Hall–Kier alpha value is -3.82. The maximum absolute atomic E-state index is 14.6. The average Bonchev–Trinajstić information content (AvgIpc) is 2.80. The van der Waals surface area contributed by atoms with Gasteiger partial charge in [-0.3, -0.25) is 4.79 Å². The molecule has 0 aliphatic heterocycles. The van der Waals surface area contributed by atoms with Gasteiger partial charge >= 0.3 is 11.9 Å². The second-order valence-electron chi connectivity index (χ2n) is 7.33. The van der Waals surface area contributed by atoms with Crippen LogP contribution in [0.5, 0.6) is 0 Å². The first-order valence-electron chi connectivity index (χ1n) is 9.87. The van der Waals surface area contributed by atoms with Gasteiger partial charge < -0.3 is 20.6 Å². The van der Waals surface area contributed by atoms with Crippen LogP contribution in [0.15, 0.2) is 60.7 Å². The summed E-state index contributed by atoms with van der Waals surface area (Å²) in [5.74, 6) is -6.77. The topological polar surface area (TPSA) is 124 Å². The number of amides is 1. The molecule has 176 valence electrons. The number of nitrogens with one attached hydrogen (secondary N) is 1. The number of rotatable bonds is 8. The fraction of sp³-hybridized carbons (Fsp3) is 0.125. The Balaban J connectivity index is 1.99. The van der Waals surface area contributed by atoms with E-state index in [2.05, 4.69) is 5.32 Å². The first kappa shape index (κ1) is 24.8. The standard InChI is InChI=1S/C24H18ClF2NO6/c25-17-8-4-1-5-12(17)11-19(21(29)24(33)34)28-22(30)13-9-16(20(27)18(26)10-13)14-6-2-3-7-15(14)23(31)32/h1-10,19,21,29H,11H2,(H,28,30)(H,31,32)(H,33,34)/t19-,21-/m1/s1. The van der Waals surface area contributed by atoms with Gasteiger partial charge in [-0.05, 0) is 41.8 Å². The molecule has 0 aliphatic rings. The summed E-state index contributed by atoms with van der Waals surface area (Å²) < 4.78 is 28.9. The third-order valence-corrected chi connectivity index (χ3v) is 5.46. The highest BCUT2D eigenvalue weighted by molar-refractivity contribution is 6.31. The molecule has 0 aliphatic carbocycles. The summed E-state index contributed by atoms with van der Waals surface area (Å²) in [5, 5.41) is 31.3. The van der Waals surface area contributed by atoms with Crippen LogP contribution < -0.4 is 5.32 Å². The fourth-order valence-electron chi connectivity index (χ4n) is 3.39. The Morgan fingerprint density at radius 3 is 2.24 bits per heavy atom. The highest BCUT2D eigenvalue weighted by Crippen LogP contribution is 2.29. The molecule has 0 saturated carbocycles. The van der Waals surface area contributed by atoms with E-state index >= 15 is 0 Å². The second-order valence-corrected chi connectivity index (χ2v) is 7.74. The Morgan fingerprint density at radius 1 is 0.941 bits per heavy atom. The van der Waals surface area contributed by atoms with E-state index in [9.17, 15) is 38.5 Å². The molecule has 3 aromatic rings. The number of carboxylic acid groups (broad SMARTS) is 2. The van der Waals surface area contributed by atoms with Crippen molar-refractivity contribution in [1.82, 2.24) is 5.32 Å². The molecule has 0 heterocycles. The SMILES string of the molecule is O=C(N[C@H](Cc1ccccc1Cl)[C@@H](O)C(=O)O)c1cc(F)c(F)c(-c2ccccc2C(=O)O)c1. The zero-order chi connectivity index (χ0) is 25.0. The predicted octanol–water partition coefficient (Wildman–Crippen LogP) is 3.77. The van der Waals surface area contributed by atoms with Crippen molar-refractivity contribution in [2.75, 3.05) is 0 Å². The highest BCUT2D eigenvalue weighted by atomic mass is 35.5. The van der Waals surface area contributed by atoms with Gasteiger partial charge in [0.05, 0.1) is 11.6 Å². The smallest absolute Gasteiger partial charge is 0.336 e. The summed E-state index contributed by atoms with van der Waals surface area (Å²) in [6, 6.07) is 11.9. The van der Waals surface area contributed by atoms with Crippen LogP contribution >= 0.6 is 11.6 Å². The molecule has 0 spiro atoms. The molecule has 2 atom stereocenters. The molecule has 4 N–H and O–H groups in total. The summed E-state index contributed by atoms with van der Waals surface area (Å²) >= 11 is 6.09. The summed E-state index contributed by atoms with van der Waals surface area (Å²) in [6.07, 6.45) is -2.20. The normalized spacial score (nSPS) is 12.6. The van der Waals surface area contributed by atoms with E-state index in [-0.39, 0.29) is 22.6 Å². The van der Waals surface area contributed by atoms with E-state index < -0.39 is 52.8 Å². The van der Waals surface area contributed by atoms with Crippen molar-refractivity contribution >= 4 is 29.4 Å². The minimum atomic E-state index is -2.03. The first-order chi connectivity index (χ1) is 16.1. The summed E-state index contributed by atoms with van der Waals surface area (Å²) in [4.78, 5) is 35.7. The number of aliphatic hydroxyl groups is 1. The van der Waals surface area contributed by atoms with E-state index in [4.69, 9.17) is 11.6 Å². The molecule has 0 saturated heterocycles. The van der Waals surface area contributed by atoms with E-state index in [1.54, 1.807) is 24.3 Å². The Morgan fingerprint density at radius 2 is 1.59 bits per heavy atom. The monoisotopic (exact) mass is 489 g/mol. The zero-order valence-electron chi connectivity index (χ0n) is 17.3. The summed E-state index contributed by atoms with van der Waals surface area (Å²) in [6.45, 7) is 0. The van der Waals surface area contributed by atoms with E-state index in [0.717, 1.165) is 6.07 Å². The van der Waals surface area contributed by atoms with E-state index in [1.807, 2.05) is 0 Å². The molecular formula is C24H18ClF2NO6. The van der Waals surface area contributed by atoms with Crippen molar-refractivity contribution < 1.29 is 38.5 Å². The maximum atomic E-state index is 14.6. The number of aliphatic hydroxyl groups excluding tert-OH is 1. The minimum Gasteiger partial charge on any atom is -0.479 e. The van der Waals surface area contributed by atoms with Gasteiger partial charge in [0.2, 0.25) is 0 Å². The van der Waals surface area contributed by atoms with Crippen molar-refractivity contribution in [1.29, 1.82) is 0 Å². The lowest BCUT2D eigenvalue weighted by Crippen LogP contribution is -2.48. The number of carbonyl (C=O) groups excluding carboxylic acids is 1. The number of aromatic carboxylic acids is 1. The van der Waals surface area contributed by atoms with Crippen LogP contribution in [0.25, 0.3) is 11.1 Å². The molecule has 0 unspecified atom stereocenters. The predicted molar refractivity (Wildman–Crippen MR) is 119 cm³/mol. The third kappa shape index (κ3) is 5.38. The maximum Gasteiger partial charge on any atom is 0.336 e. The molecule has 34 heavy (non-hydrogen) atoms. The second kappa shape index (κ2) is 10.4. The van der Waals surface area contributed by atoms with Gasteiger partial charge in [0, 0.05) is 16.1 Å². The summed E-state index contributed by atoms with van der Waals surface area (Å²) in [5.41, 5.74) is -0.896. The van der Waals surface area contributed by atoms with Crippen molar-refractivity contribution in [3.63, 3.8) is 0 Å². The van der Waals surface area contributed by atoms with Gasteiger partial charge in [-0.25, -0.2) is 18.4 Å². The third-order valence-electron chi connectivity index (χ3n) is 5.09. The molecule has 0 radical (unpaired) electrons. The van der Waals surface area contributed by atoms with Gasteiger partial charge in [0.25, 0.3) is 5.91 Å². The van der Waals surface area contributed by atoms with Crippen molar-refractivity contribution in [2.45, 2.75) is 18.6 Å². The van der Waals surface area contributed by atoms with Gasteiger partial charge in [-0.2, -0.15) is 0 Å². The van der Waals surface area contributed by atoms with Crippen LogP contribution in [-0.4, -0.2) is 45.3 Å². The number of hydrogen-bond donors (Lipinski definition) is 4. The van der Waals surface area contributed by atoms with Crippen LogP contribution in [0.4, 0.5) is 8.78 Å². The number of carbonyl (C=O) groups is 3. The van der Waals surface area contributed by atoms with Crippen molar-refractivity contribution in [2.24, 2.45) is 0 Å². The van der Waals surface area contributed by atoms with Gasteiger partial charge in [-0.1, -0.05) is 48.0 Å². The number of benzene rings is 3. The average molecular weight is 490 g/mol. The van der Waals surface area contributed by atoms with Gasteiger partial charge in [0.1, 0.15) is 0 Å². The number of halogens is 3. The molecular weight excluding hydrogens is 472 g/mol. The molecule has 10 heteroatoms. The number of hydrogen-bond acceptors (Lipinski definition) is 4. The Kier molecular flexibility index (Phi) is 7.60. The summed E-state index contributed by atoms with van der Waals surface area (Å²) in [7, 11) is 0. The Labute approximate surface area is 197 Å². The van der Waals surface area contributed by atoms with Crippen LogP contribution in [-0.2, 0) is 11.2 Å². The Bertz CT molecular complexity index is 1270. The van der Waals surface area contributed by atoms with E-state index in [1.165, 1.54) is 24.3 Å². The van der Waals surface area contributed by atoms with Crippen LogP contribution in [0.1, 0.15) is 26.3 Å². The molecule has 3 aromatic carbocycles. The van der Waals surface area contributed by atoms with Crippen molar-refractivity contribution in [3.05, 3.63) is 94.0 Å². The highest BCUT2D eigenvalue weighted by Gasteiger charge is 2.29. The van der Waals surface area contributed by atoms with Crippen LogP contribution in [0, 0.1) is 11.6 Å². The zero-order valence-corrected chi connectivity index (χ0v) is 18.1. The first-order valence-corrected chi connectivity index (χ1v) is 10.2. The lowest BCUT2D eigenvalue weighted by Gasteiger charge is -2.22. The number of carboxylic acids is 2. The molecule has 1 amide bonds. The lowest BCUT2D eigenvalue weighted by molar-refractivity contribution is -0.148. The van der Waals surface area contributed by atoms with Crippen LogP contribution in [0.2, 0.25) is 5.02 Å². The van der Waals surface area contributed by atoms with Gasteiger partial charge in [-0.15, -0.1) is 0 Å². The number of aliphatic carboxylic acids is 1. The minimum absolute atomic E-state index is 0.153. The quantitative estimate of drug-likeness (QED) is 0.382.